The summed E-state index contributed by atoms with van der Waals surface area (Å²) in [5, 5.41) is 2.93. The van der Waals surface area contributed by atoms with Crippen LogP contribution in [0.15, 0.2) is 78.2 Å². The van der Waals surface area contributed by atoms with E-state index in [0.29, 0.717) is 28.7 Å². The van der Waals surface area contributed by atoms with Crippen molar-refractivity contribution in [3.63, 3.8) is 0 Å². The highest BCUT2D eigenvalue weighted by molar-refractivity contribution is 7.91. The van der Waals surface area contributed by atoms with E-state index < -0.39 is 21.6 Å². The normalized spacial score (nSPS) is 12.0. The lowest BCUT2D eigenvalue weighted by atomic mass is 10.1. The summed E-state index contributed by atoms with van der Waals surface area (Å²) in [5.41, 5.74) is 0.742. The molecule has 0 aliphatic heterocycles. The Morgan fingerprint density at radius 3 is 2.46 bits per heavy atom. The van der Waals surface area contributed by atoms with Gasteiger partial charge in [-0.25, -0.2) is 22.8 Å². The summed E-state index contributed by atoms with van der Waals surface area (Å²) in [5.74, 6) is -0.341. The molecule has 0 atom stereocenters. The van der Waals surface area contributed by atoms with Crippen molar-refractivity contribution in [2.45, 2.75) is 24.5 Å². The lowest BCUT2D eigenvalue weighted by molar-refractivity contribution is -0.137. The van der Waals surface area contributed by atoms with Crippen LogP contribution in [-0.4, -0.2) is 28.7 Å². The molecule has 0 unspecified atom stereocenters. The fourth-order valence-electron chi connectivity index (χ4n) is 3.39. The monoisotopic (exact) mass is 504 g/mol. The maximum absolute atomic E-state index is 14.0. The predicted octanol–water partition coefficient (Wildman–Crippen LogP) is 5.69. The first-order chi connectivity index (χ1) is 16.6. The quantitative estimate of drug-likeness (QED) is 0.327. The minimum Gasteiger partial charge on any atom is -0.340 e. The van der Waals surface area contributed by atoms with Crippen LogP contribution in [0.3, 0.4) is 0 Å². The molecule has 4 rings (SSSR count). The van der Waals surface area contributed by atoms with Crippen molar-refractivity contribution < 1.29 is 26.0 Å². The van der Waals surface area contributed by atoms with Gasteiger partial charge in [-0.2, -0.15) is 13.2 Å². The van der Waals surface area contributed by atoms with Gasteiger partial charge < -0.3 is 9.88 Å². The molecule has 0 spiro atoms. The van der Waals surface area contributed by atoms with E-state index in [1.807, 2.05) is 0 Å². The zero-order valence-corrected chi connectivity index (χ0v) is 19.2. The van der Waals surface area contributed by atoms with Gasteiger partial charge in [-0.05, 0) is 36.4 Å². The smallest absolute Gasteiger partial charge is 0.340 e. The first-order valence-electron chi connectivity index (χ1n) is 10.5. The number of aromatic nitrogens is 3. The molecule has 2 aromatic carbocycles. The molecule has 4 aromatic rings. The molecular weight excluding hydrogens is 484 g/mol. The zero-order chi connectivity index (χ0) is 25.2. The Hall–Kier alpha value is -3.73. The Labute approximate surface area is 199 Å². The third kappa shape index (κ3) is 5.51. The molecule has 11 heteroatoms. The minimum absolute atomic E-state index is 0.0737. The number of benzene rings is 2. The number of anilines is 2. The van der Waals surface area contributed by atoms with Crippen LogP contribution in [0.4, 0.5) is 29.1 Å². The van der Waals surface area contributed by atoms with Crippen LogP contribution in [-0.2, 0) is 22.6 Å². The minimum atomic E-state index is -4.52. The van der Waals surface area contributed by atoms with Crippen LogP contribution in [0, 0.1) is 5.82 Å². The number of pyridine rings is 1. The molecule has 0 radical (unpaired) electrons. The summed E-state index contributed by atoms with van der Waals surface area (Å²) in [4.78, 5) is 8.24. The molecule has 0 saturated carbocycles. The Balaban J connectivity index is 1.71. The predicted molar refractivity (Wildman–Crippen MR) is 123 cm³/mol. The van der Waals surface area contributed by atoms with Crippen molar-refractivity contribution >= 4 is 21.3 Å². The Morgan fingerprint density at radius 2 is 1.80 bits per heavy atom. The summed E-state index contributed by atoms with van der Waals surface area (Å²) in [7, 11) is -3.54. The molecule has 0 saturated heterocycles. The second kappa shape index (κ2) is 9.49. The van der Waals surface area contributed by atoms with Crippen molar-refractivity contribution in [3.8, 4) is 11.3 Å². The third-order valence-electron chi connectivity index (χ3n) is 5.30. The Bertz CT molecular complexity index is 1450. The number of hydrogen-bond donors (Lipinski definition) is 1. The maximum Gasteiger partial charge on any atom is 0.417 e. The molecule has 0 fully saturated rings. The van der Waals surface area contributed by atoms with Gasteiger partial charge in [0.1, 0.15) is 11.6 Å². The highest BCUT2D eigenvalue weighted by Gasteiger charge is 2.30. The first-order valence-corrected chi connectivity index (χ1v) is 12.1. The van der Waals surface area contributed by atoms with E-state index >= 15 is 0 Å². The third-order valence-corrected chi connectivity index (χ3v) is 7.04. The number of alkyl halides is 3. The summed E-state index contributed by atoms with van der Waals surface area (Å²) in [6.45, 7) is 1.73. The summed E-state index contributed by atoms with van der Waals surface area (Å²) in [6, 6.07) is 12.7. The average molecular weight is 505 g/mol. The van der Waals surface area contributed by atoms with Crippen molar-refractivity contribution in [2.24, 2.45) is 0 Å². The van der Waals surface area contributed by atoms with Gasteiger partial charge >= 0.3 is 6.18 Å². The van der Waals surface area contributed by atoms with Gasteiger partial charge in [0, 0.05) is 29.2 Å². The van der Waals surface area contributed by atoms with Crippen LogP contribution >= 0.6 is 0 Å². The fourth-order valence-corrected chi connectivity index (χ4v) is 4.29. The standard InChI is InChI=1S/C24H20F4N4O2S/c1-2-35(33,34)18-8-9-21(31-23-10-7-17(12-29-23)24(26,27)28)19(11-18)22-14-32(15-30-22)13-16-5-3-4-6-20(16)25/h3-12,14-15H,2,13H2,1H3,(H,29,31). The number of nitrogens with zero attached hydrogens (tertiary/aromatic N) is 3. The fraction of sp³-hybridized carbons (Fsp3) is 0.167. The number of rotatable bonds is 7. The lowest BCUT2D eigenvalue weighted by Crippen LogP contribution is -2.07. The Kier molecular flexibility index (Phi) is 6.62. The van der Waals surface area contributed by atoms with E-state index in [1.54, 1.807) is 29.0 Å². The largest absolute Gasteiger partial charge is 0.417 e. The molecule has 0 amide bonds. The van der Waals surface area contributed by atoms with E-state index in [9.17, 15) is 26.0 Å². The number of nitrogens with one attached hydrogen (secondary N) is 1. The van der Waals surface area contributed by atoms with E-state index in [4.69, 9.17) is 0 Å². The summed E-state index contributed by atoms with van der Waals surface area (Å²) in [6.07, 6.45) is -0.683. The highest BCUT2D eigenvalue weighted by atomic mass is 32.2. The van der Waals surface area contributed by atoms with Crippen LogP contribution in [0.25, 0.3) is 11.3 Å². The van der Waals surface area contributed by atoms with Crippen molar-refractivity contribution in [2.75, 3.05) is 11.1 Å². The molecule has 2 heterocycles. The average Bonchev–Trinajstić information content (AvgIpc) is 3.29. The zero-order valence-electron chi connectivity index (χ0n) is 18.4. The van der Waals surface area contributed by atoms with Crippen LogP contribution < -0.4 is 5.32 Å². The Morgan fingerprint density at radius 1 is 1.03 bits per heavy atom. The van der Waals surface area contributed by atoms with Gasteiger partial charge in [-0.1, -0.05) is 25.1 Å². The summed E-state index contributed by atoms with van der Waals surface area (Å²) < 4.78 is 79.2. The summed E-state index contributed by atoms with van der Waals surface area (Å²) >= 11 is 0. The van der Waals surface area contributed by atoms with Gasteiger partial charge in [-0.15, -0.1) is 0 Å². The van der Waals surface area contributed by atoms with Gasteiger partial charge in [-0.3, -0.25) is 0 Å². The van der Waals surface area contributed by atoms with E-state index in [-0.39, 0.29) is 28.8 Å². The van der Waals surface area contributed by atoms with Gasteiger partial charge in [0.25, 0.3) is 0 Å². The van der Waals surface area contributed by atoms with Crippen molar-refractivity contribution in [1.82, 2.24) is 14.5 Å². The lowest BCUT2D eigenvalue weighted by Gasteiger charge is -2.13. The highest BCUT2D eigenvalue weighted by Crippen LogP contribution is 2.33. The molecule has 182 valence electrons. The number of imidazole rings is 1. The number of halogens is 4. The van der Waals surface area contributed by atoms with E-state index in [1.165, 1.54) is 43.6 Å². The van der Waals surface area contributed by atoms with Crippen LogP contribution in [0.2, 0.25) is 0 Å². The molecule has 0 aliphatic carbocycles. The molecule has 35 heavy (non-hydrogen) atoms. The first kappa shape index (κ1) is 24.4. The van der Waals surface area contributed by atoms with Crippen LogP contribution in [0.1, 0.15) is 18.1 Å². The SMILES string of the molecule is CCS(=O)(=O)c1ccc(Nc2ccc(C(F)(F)F)cn2)c(-c2cn(Cc3ccccc3F)cn2)c1. The second-order valence-corrected chi connectivity index (χ2v) is 9.97. The van der Waals surface area contributed by atoms with Crippen LogP contribution in [0.5, 0.6) is 0 Å². The molecule has 0 aliphatic rings. The van der Waals surface area contributed by atoms with Crippen molar-refractivity contribution in [1.29, 1.82) is 0 Å². The number of sulfone groups is 1. The topological polar surface area (TPSA) is 76.9 Å². The van der Waals surface area contributed by atoms with E-state index in [2.05, 4.69) is 15.3 Å². The molecule has 2 aromatic heterocycles. The van der Waals surface area contributed by atoms with Gasteiger partial charge in [0.05, 0.1) is 34.8 Å². The molecular formula is C24H20F4N4O2S. The maximum atomic E-state index is 14.0. The van der Waals surface area contributed by atoms with Crippen molar-refractivity contribution in [3.05, 3.63) is 90.3 Å². The molecule has 0 bridgehead atoms. The van der Waals surface area contributed by atoms with E-state index in [0.717, 1.165) is 6.07 Å². The van der Waals surface area contributed by atoms with Gasteiger partial charge in [0.2, 0.25) is 0 Å². The number of hydrogen-bond acceptors (Lipinski definition) is 5. The molecule has 1 N–H and O–H groups in total. The van der Waals surface area contributed by atoms with Gasteiger partial charge in [0.15, 0.2) is 9.84 Å². The second-order valence-electron chi connectivity index (χ2n) is 7.69. The molecule has 6 nitrogen and oxygen atoms in total.